The van der Waals surface area contributed by atoms with E-state index in [0.29, 0.717) is 0 Å². The van der Waals surface area contributed by atoms with Gasteiger partial charge >= 0.3 is 0 Å². The average molecular weight is 136 g/mol. The van der Waals surface area contributed by atoms with E-state index in [1.807, 2.05) is 0 Å². The monoisotopic (exact) mass is 136 g/mol. The van der Waals surface area contributed by atoms with E-state index < -0.39 is 5.82 Å². The Kier molecular flexibility index (Phi) is 2.07. The molecule has 0 aliphatic heterocycles. The zero-order chi connectivity index (χ0) is 7.56. The van der Waals surface area contributed by atoms with Crippen LogP contribution >= 0.6 is 0 Å². The van der Waals surface area contributed by atoms with Crippen LogP contribution in [0.25, 0.3) is 0 Å². The number of hydrogen-bond donors (Lipinski definition) is 1. The molecule has 0 bridgehead atoms. The van der Waals surface area contributed by atoms with Crippen LogP contribution in [0.1, 0.15) is 5.56 Å². The molecule has 0 amide bonds. The summed E-state index contributed by atoms with van der Waals surface area (Å²) in [5.74, 6) is -0.523. The lowest BCUT2D eigenvalue weighted by Crippen LogP contribution is -2.10. The summed E-state index contributed by atoms with van der Waals surface area (Å²) < 4.78 is 12.7. The Morgan fingerprint density at radius 3 is 2.70 bits per heavy atom. The second-order valence-corrected chi connectivity index (χ2v) is 1.98. The van der Waals surface area contributed by atoms with Crippen LogP contribution in [-0.2, 0) is 6.61 Å². The van der Waals surface area contributed by atoms with Crippen molar-refractivity contribution < 1.29 is 9.50 Å². The molecule has 1 nitrogen and oxygen atoms in total. The summed E-state index contributed by atoms with van der Waals surface area (Å²) in [6.45, 7) is -0.309. The van der Waals surface area contributed by atoms with Gasteiger partial charge in [-0.2, -0.15) is 0 Å². The first-order chi connectivity index (χ1) is 4.75. The lowest BCUT2D eigenvalue weighted by Gasteiger charge is -2.00. The Labute approximate surface area is 59.9 Å². The predicted octanol–water partition coefficient (Wildman–Crippen LogP) is 0.112. The molecule has 0 unspecified atom stereocenters. The van der Waals surface area contributed by atoms with Gasteiger partial charge in [0.15, 0.2) is 0 Å². The van der Waals surface area contributed by atoms with Gasteiger partial charge in [0.25, 0.3) is 0 Å². The molecule has 0 fully saturated rings. The minimum atomic E-state index is -0.523. The van der Waals surface area contributed by atoms with Crippen LogP contribution in [0, 0.1) is 5.82 Å². The lowest BCUT2D eigenvalue weighted by atomic mass is 9.94. The minimum absolute atomic E-state index is 0.0755. The quantitative estimate of drug-likeness (QED) is 0.543. The van der Waals surface area contributed by atoms with Crippen LogP contribution < -0.4 is 5.46 Å². The van der Waals surface area contributed by atoms with Gasteiger partial charge in [-0.1, -0.05) is 23.7 Å². The van der Waals surface area contributed by atoms with Crippen molar-refractivity contribution in [2.24, 2.45) is 0 Å². The highest BCUT2D eigenvalue weighted by Crippen LogP contribution is 2.02. The topological polar surface area (TPSA) is 20.2 Å². The van der Waals surface area contributed by atoms with Crippen LogP contribution in [0.15, 0.2) is 18.2 Å². The maximum Gasteiger partial charge on any atom is 0.121 e. The minimum Gasteiger partial charge on any atom is -0.392 e. The van der Waals surface area contributed by atoms with Gasteiger partial charge in [-0.15, -0.1) is 0 Å². The van der Waals surface area contributed by atoms with Crippen molar-refractivity contribution >= 4 is 13.3 Å². The molecule has 0 saturated carbocycles. The van der Waals surface area contributed by atoms with Gasteiger partial charge in [0.2, 0.25) is 0 Å². The lowest BCUT2D eigenvalue weighted by molar-refractivity contribution is 0.276. The van der Waals surface area contributed by atoms with Crippen LogP contribution in [0.5, 0.6) is 0 Å². The van der Waals surface area contributed by atoms with Gasteiger partial charge in [0.1, 0.15) is 13.7 Å². The molecule has 0 aromatic heterocycles. The molecule has 1 rings (SSSR count). The smallest absolute Gasteiger partial charge is 0.121 e. The third-order valence-electron chi connectivity index (χ3n) is 1.28. The van der Waals surface area contributed by atoms with E-state index in [-0.39, 0.29) is 17.6 Å². The fourth-order valence-corrected chi connectivity index (χ4v) is 0.722. The fourth-order valence-electron chi connectivity index (χ4n) is 0.722. The zero-order valence-electron chi connectivity index (χ0n) is 5.34. The van der Waals surface area contributed by atoms with Crippen molar-refractivity contribution in [1.82, 2.24) is 0 Å². The van der Waals surface area contributed by atoms with E-state index in [1.54, 1.807) is 6.07 Å². The maximum absolute atomic E-state index is 12.7. The highest BCUT2D eigenvalue weighted by Gasteiger charge is 2.00. The van der Waals surface area contributed by atoms with Gasteiger partial charge < -0.3 is 5.11 Å². The molecule has 50 valence electrons. The summed E-state index contributed by atoms with van der Waals surface area (Å²) in [7, 11) is 5.21. The maximum atomic E-state index is 12.7. The molecule has 0 saturated heterocycles. The number of benzene rings is 1. The first-order valence-electron chi connectivity index (χ1n) is 2.89. The number of aliphatic hydroxyl groups is 1. The van der Waals surface area contributed by atoms with Crippen molar-refractivity contribution in [3.63, 3.8) is 0 Å². The van der Waals surface area contributed by atoms with Gasteiger partial charge in [0, 0.05) is 5.56 Å². The Balaban J connectivity index is 3.14. The second kappa shape index (κ2) is 2.84. The second-order valence-electron chi connectivity index (χ2n) is 1.98. The highest BCUT2D eigenvalue weighted by atomic mass is 19.1. The van der Waals surface area contributed by atoms with E-state index in [2.05, 4.69) is 0 Å². The van der Waals surface area contributed by atoms with Crippen LogP contribution in [0.4, 0.5) is 4.39 Å². The van der Waals surface area contributed by atoms with Gasteiger partial charge in [-0.05, 0) is 0 Å². The molecule has 1 N–H and O–H groups in total. The molecule has 0 atom stereocenters. The molecule has 2 radical (unpaired) electrons. The molecule has 1 aromatic rings. The molecule has 10 heavy (non-hydrogen) atoms. The molecule has 0 aliphatic carbocycles. The summed E-state index contributed by atoms with van der Waals surface area (Å²) in [5.41, 5.74) is 0.312. The standard InChI is InChI=1S/C7H6BFO/c8-6-3-1-2-5(4-10)7(6)9/h1-3,10H,4H2. The molecular weight excluding hydrogens is 130 g/mol. The van der Waals surface area contributed by atoms with Crippen LogP contribution in [0.2, 0.25) is 0 Å². The summed E-state index contributed by atoms with van der Waals surface area (Å²) in [6, 6.07) is 4.55. The highest BCUT2D eigenvalue weighted by molar-refractivity contribution is 6.32. The van der Waals surface area contributed by atoms with Gasteiger partial charge in [-0.3, -0.25) is 0 Å². The molecule has 3 heteroatoms. The molecule has 1 aromatic carbocycles. The van der Waals surface area contributed by atoms with Crippen molar-refractivity contribution in [2.75, 3.05) is 0 Å². The Morgan fingerprint density at radius 2 is 2.20 bits per heavy atom. The van der Waals surface area contributed by atoms with Gasteiger partial charge in [0.05, 0.1) is 6.61 Å². The third kappa shape index (κ3) is 1.19. The first kappa shape index (κ1) is 7.28. The first-order valence-corrected chi connectivity index (χ1v) is 2.89. The fraction of sp³-hybridized carbons (Fsp3) is 0.143. The molecule has 0 heterocycles. The van der Waals surface area contributed by atoms with Crippen LogP contribution in [0.3, 0.4) is 0 Å². The van der Waals surface area contributed by atoms with E-state index in [0.717, 1.165) is 0 Å². The van der Waals surface area contributed by atoms with Crippen molar-refractivity contribution in [3.05, 3.63) is 29.6 Å². The predicted molar refractivity (Wildman–Crippen MR) is 37.7 cm³/mol. The molecule has 0 spiro atoms. The SMILES string of the molecule is [B]c1cccc(CO)c1F. The normalized spacial score (nSPS) is 9.80. The van der Waals surface area contributed by atoms with E-state index in [4.69, 9.17) is 13.0 Å². The Bertz CT molecular complexity index is 237. The van der Waals surface area contributed by atoms with E-state index in [1.165, 1.54) is 12.1 Å². The average Bonchev–Trinajstić information content (AvgIpc) is 1.95. The molecule has 0 aliphatic rings. The summed E-state index contributed by atoms with van der Waals surface area (Å²) in [4.78, 5) is 0. The summed E-state index contributed by atoms with van der Waals surface area (Å²) in [6.07, 6.45) is 0. The van der Waals surface area contributed by atoms with Crippen molar-refractivity contribution in [1.29, 1.82) is 0 Å². The number of halogens is 1. The van der Waals surface area contributed by atoms with Crippen molar-refractivity contribution in [2.45, 2.75) is 6.61 Å². The Hall–Kier alpha value is -0.825. The summed E-state index contributed by atoms with van der Waals surface area (Å²) in [5, 5.41) is 8.55. The molecular formula is C7H6BFO. The number of hydrogen-bond acceptors (Lipinski definition) is 1. The zero-order valence-corrected chi connectivity index (χ0v) is 5.34. The summed E-state index contributed by atoms with van der Waals surface area (Å²) >= 11 is 0. The number of rotatable bonds is 1. The Morgan fingerprint density at radius 1 is 1.50 bits per heavy atom. The number of aliphatic hydroxyl groups excluding tert-OH is 1. The van der Waals surface area contributed by atoms with Crippen molar-refractivity contribution in [3.8, 4) is 0 Å². The largest absolute Gasteiger partial charge is 0.392 e. The van der Waals surface area contributed by atoms with Crippen LogP contribution in [-0.4, -0.2) is 13.0 Å². The van der Waals surface area contributed by atoms with Gasteiger partial charge in [-0.25, -0.2) is 4.39 Å². The van der Waals surface area contributed by atoms with E-state index >= 15 is 0 Å². The van der Waals surface area contributed by atoms with E-state index in [9.17, 15) is 4.39 Å². The third-order valence-corrected chi connectivity index (χ3v) is 1.28.